The van der Waals surface area contributed by atoms with Crippen molar-refractivity contribution in [2.24, 2.45) is 10.2 Å². The molecule has 0 saturated carbocycles. The third-order valence-corrected chi connectivity index (χ3v) is 2.35. The lowest BCUT2D eigenvalue weighted by Crippen LogP contribution is -2.31. The molecule has 0 aromatic heterocycles. The van der Waals surface area contributed by atoms with E-state index >= 15 is 0 Å². The van der Waals surface area contributed by atoms with Crippen LogP contribution in [-0.2, 0) is 0 Å². The van der Waals surface area contributed by atoms with E-state index in [-0.39, 0.29) is 0 Å². The number of nitrogens with one attached hydrogen (secondary N) is 4. The third-order valence-electron chi connectivity index (χ3n) is 1.92. The molecular formula is C12H16N6S2. The Kier molecular flexibility index (Phi) is 7.85. The van der Waals surface area contributed by atoms with Crippen LogP contribution in [0.15, 0.2) is 40.5 Å². The summed E-state index contributed by atoms with van der Waals surface area (Å²) in [5, 5.41) is 14.5. The van der Waals surface area contributed by atoms with Crippen molar-refractivity contribution in [2.75, 3.05) is 11.9 Å². The number of benzene rings is 1. The van der Waals surface area contributed by atoms with E-state index in [0.29, 0.717) is 10.2 Å². The van der Waals surface area contributed by atoms with Crippen molar-refractivity contribution < 1.29 is 0 Å². The van der Waals surface area contributed by atoms with Crippen molar-refractivity contribution in [3.05, 3.63) is 30.3 Å². The predicted octanol–water partition coefficient (Wildman–Crippen LogP) is 1.43. The molecule has 4 N–H and O–H groups in total. The molecule has 0 fully saturated rings. The van der Waals surface area contributed by atoms with E-state index in [1.807, 2.05) is 37.3 Å². The zero-order chi connectivity index (χ0) is 14.6. The lowest BCUT2D eigenvalue weighted by molar-refractivity contribution is 0.905. The highest BCUT2D eigenvalue weighted by Gasteiger charge is 1.93. The highest BCUT2D eigenvalue weighted by Crippen LogP contribution is 2.03. The molecule has 0 heterocycles. The Balaban J connectivity index is 2.22. The lowest BCUT2D eigenvalue weighted by Gasteiger charge is -2.05. The molecule has 0 radical (unpaired) electrons. The molecule has 0 spiro atoms. The van der Waals surface area contributed by atoms with Gasteiger partial charge in [-0.2, -0.15) is 10.2 Å². The van der Waals surface area contributed by atoms with Crippen LogP contribution in [0.2, 0.25) is 0 Å². The molecular weight excluding hydrogens is 292 g/mol. The summed E-state index contributed by atoms with van der Waals surface area (Å²) >= 11 is 9.98. The van der Waals surface area contributed by atoms with Gasteiger partial charge in [0.15, 0.2) is 10.2 Å². The van der Waals surface area contributed by atoms with E-state index in [0.717, 1.165) is 12.2 Å². The van der Waals surface area contributed by atoms with Gasteiger partial charge >= 0.3 is 0 Å². The average molecular weight is 308 g/mol. The normalized spacial score (nSPS) is 10.4. The monoisotopic (exact) mass is 308 g/mol. The minimum atomic E-state index is 0.400. The van der Waals surface area contributed by atoms with Gasteiger partial charge in [-0.25, -0.2) is 0 Å². The van der Waals surface area contributed by atoms with E-state index < -0.39 is 0 Å². The van der Waals surface area contributed by atoms with Gasteiger partial charge in [0.25, 0.3) is 0 Å². The maximum absolute atomic E-state index is 5.06. The van der Waals surface area contributed by atoms with Gasteiger partial charge in [-0.1, -0.05) is 18.2 Å². The van der Waals surface area contributed by atoms with Gasteiger partial charge in [0.2, 0.25) is 0 Å². The molecule has 1 aromatic carbocycles. The summed E-state index contributed by atoms with van der Waals surface area (Å²) in [6.07, 6.45) is 2.92. The number of para-hydroxylation sites is 1. The molecule has 0 bridgehead atoms. The van der Waals surface area contributed by atoms with Gasteiger partial charge in [0.05, 0.1) is 12.4 Å². The minimum Gasteiger partial charge on any atom is -0.362 e. The van der Waals surface area contributed by atoms with E-state index in [9.17, 15) is 0 Å². The summed E-state index contributed by atoms with van der Waals surface area (Å²) in [6.45, 7) is 2.69. The first-order valence-corrected chi connectivity index (χ1v) is 6.74. The molecule has 1 aromatic rings. The summed E-state index contributed by atoms with van der Waals surface area (Å²) in [7, 11) is 0. The zero-order valence-corrected chi connectivity index (χ0v) is 12.6. The third kappa shape index (κ3) is 7.39. The summed E-state index contributed by atoms with van der Waals surface area (Å²) in [5.41, 5.74) is 6.20. The van der Waals surface area contributed by atoms with Crippen LogP contribution < -0.4 is 21.5 Å². The first kappa shape index (κ1) is 16.0. The molecule has 0 saturated heterocycles. The number of nitrogens with zero attached hydrogens (tertiary/aromatic N) is 2. The molecule has 8 heteroatoms. The Hall–Kier alpha value is -2.06. The van der Waals surface area contributed by atoms with E-state index in [2.05, 4.69) is 31.7 Å². The van der Waals surface area contributed by atoms with Gasteiger partial charge in [-0.15, -0.1) is 0 Å². The van der Waals surface area contributed by atoms with Crippen molar-refractivity contribution in [2.45, 2.75) is 6.92 Å². The molecule has 0 aliphatic rings. The molecule has 0 amide bonds. The van der Waals surface area contributed by atoms with Crippen molar-refractivity contribution in [3.8, 4) is 0 Å². The Morgan fingerprint density at radius 3 is 2.25 bits per heavy atom. The lowest BCUT2D eigenvalue weighted by atomic mass is 10.3. The van der Waals surface area contributed by atoms with Gasteiger partial charge in [-0.3, -0.25) is 10.9 Å². The maximum Gasteiger partial charge on any atom is 0.191 e. The standard InChI is InChI=1S/C12H16N6S2/c1-2-13-11(19)17-14-8-9-15-18-12(20)16-10-6-4-3-5-7-10/h3-9H,2H2,1H3,(H2,13,17,19)(H2,16,18,20)/b14-8+,15-9+. The fourth-order valence-electron chi connectivity index (χ4n) is 1.14. The zero-order valence-electron chi connectivity index (χ0n) is 11.0. The topological polar surface area (TPSA) is 72.8 Å². The Morgan fingerprint density at radius 2 is 1.65 bits per heavy atom. The van der Waals surface area contributed by atoms with E-state index in [1.54, 1.807) is 0 Å². The smallest absolute Gasteiger partial charge is 0.191 e. The molecule has 0 unspecified atom stereocenters. The molecule has 0 atom stereocenters. The quantitative estimate of drug-likeness (QED) is 0.375. The number of rotatable bonds is 5. The Labute approximate surface area is 128 Å². The SMILES string of the molecule is CCNC(=S)N/N=C/C=N/NC(=S)Nc1ccccc1. The van der Waals surface area contributed by atoms with Crippen molar-refractivity contribution >= 4 is 52.8 Å². The van der Waals surface area contributed by atoms with Crippen LogP contribution in [0.5, 0.6) is 0 Å². The summed E-state index contributed by atoms with van der Waals surface area (Å²) < 4.78 is 0. The second-order valence-electron chi connectivity index (χ2n) is 3.46. The van der Waals surface area contributed by atoms with Crippen LogP contribution in [0.4, 0.5) is 5.69 Å². The second kappa shape index (κ2) is 9.82. The summed E-state index contributed by atoms with van der Waals surface area (Å²) in [6, 6.07) is 9.58. The number of hydrazone groups is 2. The fraction of sp³-hybridized carbons (Fsp3) is 0.167. The van der Waals surface area contributed by atoms with E-state index in [4.69, 9.17) is 24.4 Å². The summed E-state index contributed by atoms with van der Waals surface area (Å²) in [4.78, 5) is 0. The van der Waals surface area contributed by atoms with Crippen molar-refractivity contribution in [3.63, 3.8) is 0 Å². The number of thiocarbonyl (C=S) groups is 2. The van der Waals surface area contributed by atoms with Crippen LogP contribution in [0.3, 0.4) is 0 Å². The summed E-state index contributed by atoms with van der Waals surface area (Å²) in [5.74, 6) is 0. The second-order valence-corrected chi connectivity index (χ2v) is 4.28. The van der Waals surface area contributed by atoms with Gasteiger partial charge in [-0.05, 0) is 43.5 Å². The number of anilines is 1. The largest absolute Gasteiger partial charge is 0.362 e. The van der Waals surface area contributed by atoms with Crippen LogP contribution in [0.1, 0.15) is 6.92 Å². The molecule has 106 valence electrons. The molecule has 0 aliphatic carbocycles. The van der Waals surface area contributed by atoms with Gasteiger partial charge in [0.1, 0.15) is 0 Å². The van der Waals surface area contributed by atoms with Crippen molar-refractivity contribution in [1.29, 1.82) is 0 Å². The van der Waals surface area contributed by atoms with Crippen LogP contribution in [-0.4, -0.2) is 29.2 Å². The minimum absolute atomic E-state index is 0.400. The van der Waals surface area contributed by atoms with Crippen LogP contribution in [0.25, 0.3) is 0 Å². The molecule has 6 nitrogen and oxygen atoms in total. The first-order chi connectivity index (χ1) is 9.72. The fourth-order valence-corrected chi connectivity index (χ4v) is 1.51. The Morgan fingerprint density at radius 1 is 1.05 bits per heavy atom. The predicted molar refractivity (Wildman–Crippen MR) is 92.2 cm³/mol. The van der Waals surface area contributed by atoms with Crippen LogP contribution >= 0.6 is 24.4 Å². The highest BCUT2D eigenvalue weighted by molar-refractivity contribution is 7.80. The van der Waals surface area contributed by atoms with E-state index in [1.165, 1.54) is 12.4 Å². The van der Waals surface area contributed by atoms with Crippen LogP contribution in [0, 0.1) is 0 Å². The Bertz CT molecular complexity index is 486. The number of hydrogen-bond acceptors (Lipinski definition) is 4. The molecule has 0 aliphatic heterocycles. The van der Waals surface area contributed by atoms with Crippen molar-refractivity contribution in [1.82, 2.24) is 16.2 Å². The number of hydrogen-bond donors (Lipinski definition) is 4. The molecule has 1 rings (SSSR count). The molecule has 20 heavy (non-hydrogen) atoms. The highest BCUT2D eigenvalue weighted by atomic mass is 32.1. The van der Waals surface area contributed by atoms with Gasteiger partial charge in [0, 0.05) is 12.2 Å². The maximum atomic E-state index is 5.06. The first-order valence-electron chi connectivity index (χ1n) is 5.93. The van der Waals surface area contributed by atoms with Gasteiger partial charge < -0.3 is 10.6 Å². The average Bonchev–Trinajstić information content (AvgIpc) is 2.44.